The molecule has 1 aliphatic heterocycles. The number of amides is 1. The molecule has 0 saturated carbocycles. The summed E-state index contributed by atoms with van der Waals surface area (Å²) in [6.07, 6.45) is 0.544. The molecule has 5 aromatic carbocycles. The maximum Gasteiger partial charge on any atom is 0.266 e. The number of aliphatic hydroxyl groups excluding tert-OH is 1. The van der Waals surface area contributed by atoms with Crippen LogP contribution in [0, 0.1) is 5.82 Å². The number of hydrogen-bond donors (Lipinski definition) is 3. The van der Waals surface area contributed by atoms with E-state index in [1.165, 1.54) is 12.1 Å². The van der Waals surface area contributed by atoms with E-state index in [9.17, 15) is 9.18 Å². The number of aliphatic hydroxyl groups is 1. The summed E-state index contributed by atoms with van der Waals surface area (Å²) in [6.45, 7) is 0.838. The Morgan fingerprint density at radius 2 is 1.57 bits per heavy atom. The summed E-state index contributed by atoms with van der Waals surface area (Å²) in [5, 5.41) is 9.10. The molecule has 0 aromatic heterocycles. The van der Waals surface area contributed by atoms with Gasteiger partial charge in [-0.2, -0.15) is 0 Å². The zero-order valence-electron chi connectivity index (χ0n) is 26.8. The summed E-state index contributed by atoms with van der Waals surface area (Å²) in [5.74, 6) is 0.341. The molecule has 250 valence electrons. The van der Waals surface area contributed by atoms with Crippen LogP contribution in [0.2, 0.25) is 0 Å². The first kappa shape index (κ1) is 34.0. The Hall–Kier alpha value is -4.83. The van der Waals surface area contributed by atoms with Gasteiger partial charge < -0.3 is 14.6 Å². The average molecular weight is 723 g/mol. The smallest absolute Gasteiger partial charge is 0.266 e. The number of carbonyl (C=O) groups is 1. The highest BCUT2D eigenvalue weighted by molar-refractivity contribution is 9.10. The fourth-order valence-corrected chi connectivity index (χ4v) is 6.09. The van der Waals surface area contributed by atoms with Crippen LogP contribution in [-0.4, -0.2) is 42.2 Å². The molecule has 0 fully saturated rings. The standard InChI is InChI=1S/C40H37BrFN3O4/c41-34-18-10-29(11-19-34)27-40(39(47)45-43-23-22-28-6-4-9-35(42)26-28)37(32-14-12-31(13-15-32)30-7-2-1-3-8-30)49-38(44-40)33-16-20-36(21-17-33)48-25-5-24-46/h1-4,6-21,26,37,43,46H,5,22-25,27H2,(H,45,47)/t37-,40-/m0/s1. The first-order chi connectivity index (χ1) is 23.9. The van der Waals surface area contributed by atoms with Crippen LogP contribution in [0.3, 0.4) is 0 Å². The molecule has 1 heterocycles. The number of rotatable bonds is 14. The van der Waals surface area contributed by atoms with Gasteiger partial charge in [-0.1, -0.05) is 94.8 Å². The maximum absolute atomic E-state index is 14.5. The van der Waals surface area contributed by atoms with Gasteiger partial charge in [0.1, 0.15) is 11.6 Å². The second-order valence-electron chi connectivity index (χ2n) is 11.8. The molecule has 6 rings (SSSR count). The molecule has 49 heavy (non-hydrogen) atoms. The van der Waals surface area contributed by atoms with Crippen molar-refractivity contribution in [2.24, 2.45) is 4.99 Å². The van der Waals surface area contributed by atoms with Crippen molar-refractivity contribution in [3.63, 3.8) is 0 Å². The van der Waals surface area contributed by atoms with E-state index in [4.69, 9.17) is 19.6 Å². The van der Waals surface area contributed by atoms with Crippen molar-refractivity contribution in [3.05, 3.63) is 160 Å². The minimum atomic E-state index is -1.39. The fraction of sp³-hybridized carbons (Fsp3) is 0.200. The topological polar surface area (TPSA) is 92.2 Å². The molecule has 0 aliphatic carbocycles. The highest BCUT2D eigenvalue weighted by Crippen LogP contribution is 2.43. The van der Waals surface area contributed by atoms with E-state index in [0.717, 1.165) is 32.3 Å². The van der Waals surface area contributed by atoms with Gasteiger partial charge in [-0.05, 0) is 82.8 Å². The molecule has 5 aromatic rings. The lowest BCUT2D eigenvalue weighted by molar-refractivity contribution is -0.130. The Kier molecular flexibility index (Phi) is 11.1. The normalized spacial score (nSPS) is 16.9. The number of nitrogens with one attached hydrogen (secondary N) is 2. The molecule has 1 amide bonds. The molecule has 3 N–H and O–H groups in total. The lowest BCUT2D eigenvalue weighted by atomic mass is 9.82. The number of ether oxygens (including phenoxy) is 2. The van der Waals surface area contributed by atoms with Crippen molar-refractivity contribution in [1.29, 1.82) is 0 Å². The monoisotopic (exact) mass is 721 g/mol. The molecule has 0 radical (unpaired) electrons. The number of carbonyl (C=O) groups excluding carboxylic acids is 1. The highest BCUT2D eigenvalue weighted by Gasteiger charge is 2.53. The number of hydrogen-bond acceptors (Lipinski definition) is 6. The summed E-state index contributed by atoms with van der Waals surface area (Å²) < 4.78 is 27.1. The summed E-state index contributed by atoms with van der Waals surface area (Å²) in [7, 11) is 0. The van der Waals surface area contributed by atoms with Gasteiger partial charge in [0.15, 0.2) is 11.6 Å². The molecule has 1 aliphatic rings. The molecule has 0 bridgehead atoms. The third-order valence-corrected chi connectivity index (χ3v) is 8.90. The van der Waals surface area contributed by atoms with E-state index >= 15 is 0 Å². The Labute approximate surface area is 293 Å². The second kappa shape index (κ2) is 16.0. The van der Waals surface area contributed by atoms with Crippen LogP contribution in [-0.2, 0) is 22.4 Å². The van der Waals surface area contributed by atoms with Crippen LogP contribution in [0.25, 0.3) is 11.1 Å². The third-order valence-electron chi connectivity index (χ3n) is 8.37. The van der Waals surface area contributed by atoms with Crippen LogP contribution in [0.15, 0.2) is 137 Å². The van der Waals surface area contributed by atoms with E-state index in [2.05, 4.69) is 38.9 Å². The average Bonchev–Trinajstić information content (AvgIpc) is 3.52. The van der Waals surface area contributed by atoms with Gasteiger partial charge in [-0.3, -0.25) is 10.2 Å². The van der Waals surface area contributed by atoms with Gasteiger partial charge in [-0.15, -0.1) is 0 Å². The quantitative estimate of drug-likeness (QED) is 0.0823. The van der Waals surface area contributed by atoms with Crippen molar-refractivity contribution in [1.82, 2.24) is 10.9 Å². The fourth-order valence-electron chi connectivity index (χ4n) is 5.83. The minimum absolute atomic E-state index is 0.0542. The summed E-state index contributed by atoms with van der Waals surface area (Å²) >= 11 is 3.52. The van der Waals surface area contributed by atoms with Gasteiger partial charge in [0.25, 0.3) is 5.91 Å². The molecule has 9 heteroatoms. The van der Waals surface area contributed by atoms with E-state index in [1.807, 2.05) is 97.1 Å². The summed E-state index contributed by atoms with van der Waals surface area (Å²) in [4.78, 5) is 19.6. The van der Waals surface area contributed by atoms with Crippen molar-refractivity contribution >= 4 is 27.7 Å². The van der Waals surface area contributed by atoms with Crippen molar-refractivity contribution in [3.8, 4) is 16.9 Å². The van der Waals surface area contributed by atoms with Gasteiger partial charge in [0.2, 0.25) is 5.90 Å². The largest absolute Gasteiger partial charge is 0.494 e. The van der Waals surface area contributed by atoms with E-state index in [0.29, 0.717) is 43.2 Å². The van der Waals surface area contributed by atoms with Crippen LogP contribution < -0.4 is 15.6 Å². The zero-order chi connectivity index (χ0) is 34.1. The molecule has 2 atom stereocenters. The number of aliphatic imine (C=N–C) groups is 1. The van der Waals surface area contributed by atoms with Crippen LogP contribution in [0.1, 0.15) is 34.8 Å². The van der Waals surface area contributed by atoms with Crippen LogP contribution >= 0.6 is 15.9 Å². The second-order valence-corrected chi connectivity index (χ2v) is 12.8. The molecular weight excluding hydrogens is 685 g/mol. The van der Waals surface area contributed by atoms with Gasteiger partial charge in [0, 0.05) is 36.0 Å². The molecule has 0 saturated heterocycles. The first-order valence-corrected chi connectivity index (χ1v) is 17.0. The van der Waals surface area contributed by atoms with Gasteiger partial charge in [0.05, 0.1) is 6.61 Å². The van der Waals surface area contributed by atoms with Crippen molar-refractivity contribution in [2.45, 2.75) is 30.9 Å². The minimum Gasteiger partial charge on any atom is -0.494 e. The lowest BCUT2D eigenvalue weighted by Gasteiger charge is -2.31. The Balaban J connectivity index is 1.34. The zero-order valence-corrected chi connectivity index (χ0v) is 28.4. The highest BCUT2D eigenvalue weighted by atomic mass is 79.9. The maximum atomic E-state index is 14.5. The lowest BCUT2D eigenvalue weighted by Crippen LogP contribution is -2.54. The van der Waals surface area contributed by atoms with E-state index < -0.39 is 11.6 Å². The van der Waals surface area contributed by atoms with Gasteiger partial charge in [-0.25, -0.2) is 14.8 Å². The Morgan fingerprint density at radius 3 is 2.29 bits per heavy atom. The SMILES string of the molecule is O=C(NNCCc1cccc(F)c1)[C@@]1(Cc2ccc(Br)cc2)N=C(c2ccc(OCCCO)cc2)O[C@H]1c1ccc(-c2ccccc2)cc1. The summed E-state index contributed by atoms with van der Waals surface area (Å²) in [5.41, 5.74) is 9.92. The number of halogens is 2. The number of benzene rings is 5. The first-order valence-electron chi connectivity index (χ1n) is 16.2. The van der Waals surface area contributed by atoms with Gasteiger partial charge >= 0.3 is 0 Å². The third kappa shape index (κ3) is 8.43. The van der Waals surface area contributed by atoms with E-state index in [-0.39, 0.29) is 24.8 Å². The van der Waals surface area contributed by atoms with Crippen LogP contribution in [0.4, 0.5) is 4.39 Å². The predicted molar refractivity (Wildman–Crippen MR) is 193 cm³/mol. The molecule has 0 unspecified atom stereocenters. The number of nitrogens with zero attached hydrogens (tertiary/aromatic N) is 1. The molecule has 7 nitrogen and oxygen atoms in total. The number of hydrazine groups is 1. The Bertz CT molecular complexity index is 1870. The van der Waals surface area contributed by atoms with E-state index in [1.54, 1.807) is 6.07 Å². The van der Waals surface area contributed by atoms with Crippen molar-refractivity contribution in [2.75, 3.05) is 19.8 Å². The Morgan fingerprint density at radius 1 is 0.857 bits per heavy atom. The van der Waals surface area contributed by atoms with Crippen molar-refractivity contribution < 1.29 is 23.8 Å². The summed E-state index contributed by atoms with van der Waals surface area (Å²) in [6, 6.07) is 39.7. The molecular formula is C40H37BrFN3O4. The molecule has 0 spiro atoms. The van der Waals surface area contributed by atoms with Crippen LogP contribution in [0.5, 0.6) is 5.75 Å². The predicted octanol–water partition coefficient (Wildman–Crippen LogP) is 7.38.